The zero-order valence-electron chi connectivity index (χ0n) is 6.26. The molecule has 0 aromatic rings. The molecule has 10 heavy (non-hydrogen) atoms. The molecule has 57 valence electrons. The number of amides is 1. The Hall–Kier alpha value is -0.570. The van der Waals surface area contributed by atoms with E-state index in [4.69, 9.17) is 0 Å². The maximum Gasteiger partial charge on any atom is 0.312 e. The fourth-order valence-corrected chi connectivity index (χ4v) is 1.25. The largest absolute Gasteiger partial charge is 0.329 e. The molecule has 1 radical (unpaired) electrons. The minimum Gasteiger partial charge on any atom is -0.329 e. The van der Waals surface area contributed by atoms with Crippen LogP contribution in [0.5, 0.6) is 0 Å². The van der Waals surface area contributed by atoms with Crippen molar-refractivity contribution < 1.29 is 4.79 Å². The first-order chi connectivity index (χ1) is 4.88. The summed E-state index contributed by atoms with van der Waals surface area (Å²) < 4.78 is 0. The van der Waals surface area contributed by atoms with Crippen LogP contribution in [-0.4, -0.2) is 37.0 Å². The zero-order chi connectivity index (χ0) is 7.40. The van der Waals surface area contributed by atoms with Crippen molar-refractivity contribution in [3.63, 3.8) is 0 Å². The highest BCUT2D eigenvalue weighted by molar-refractivity contribution is 5.49. The molecule has 0 spiro atoms. The van der Waals surface area contributed by atoms with E-state index in [0.717, 1.165) is 26.1 Å². The van der Waals surface area contributed by atoms with Gasteiger partial charge in [-0.05, 0) is 6.42 Å². The number of piperazine rings is 1. The number of nitrogens with zero attached hydrogens (tertiary/aromatic N) is 1. The van der Waals surface area contributed by atoms with Crippen LogP contribution in [0, 0.1) is 0 Å². The van der Waals surface area contributed by atoms with Crippen molar-refractivity contribution in [2.45, 2.75) is 19.4 Å². The first-order valence-corrected chi connectivity index (χ1v) is 3.73. The highest BCUT2D eigenvalue weighted by atomic mass is 16.1. The first kappa shape index (κ1) is 7.54. The molecule has 0 aliphatic carbocycles. The molecule has 1 rings (SSSR count). The third kappa shape index (κ3) is 1.48. The third-order valence-corrected chi connectivity index (χ3v) is 1.94. The Morgan fingerprint density at radius 3 is 3.10 bits per heavy atom. The second-order valence-corrected chi connectivity index (χ2v) is 2.55. The van der Waals surface area contributed by atoms with E-state index < -0.39 is 0 Å². The van der Waals surface area contributed by atoms with Crippen molar-refractivity contribution in [3.05, 3.63) is 0 Å². The number of hydrogen-bond acceptors (Lipinski definition) is 2. The lowest BCUT2D eigenvalue weighted by Crippen LogP contribution is -2.50. The van der Waals surface area contributed by atoms with Crippen molar-refractivity contribution in [3.8, 4) is 0 Å². The summed E-state index contributed by atoms with van der Waals surface area (Å²) in [6.07, 6.45) is 2.96. The van der Waals surface area contributed by atoms with Gasteiger partial charge in [-0.3, -0.25) is 4.79 Å². The highest BCUT2D eigenvalue weighted by Crippen LogP contribution is 2.02. The van der Waals surface area contributed by atoms with E-state index in [1.54, 1.807) is 4.90 Å². The molecular formula is C7H13N2O. The van der Waals surface area contributed by atoms with Crippen LogP contribution in [0.15, 0.2) is 0 Å². The lowest BCUT2D eigenvalue weighted by Gasteiger charge is -2.31. The van der Waals surface area contributed by atoms with Gasteiger partial charge in [0.05, 0.1) is 0 Å². The summed E-state index contributed by atoms with van der Waals surface area (Å²) in [5.41, 5.74) is 0. The molecule has 0 aromatic heterocycles. The maximum absolute atomic E-state index is 10.3. The predicted octanol–water partition coefficient (Wildman–Crippen LogP) is -0.263. The van der Waals surface area contributed by atoms with Gasteiger partial charge in [0, 0.05) is 25.7 Å². The summed E-state index contributed by atoms with van der Waals surface area (Å²) in [7, 11) is 0. The Balaban J connectivity index is 2.41. The first-order valence-electron chi connectivity index (χ1n) is 3.73. The minimum absolute atomic E-state index is 0.367. The average Bonchev–Trinajstić information content (AvgIpc) is 2.04. The van der Waals surface area contributed by atoms with E-state index in [1.165, 1.54) is 0 Å². The van der Waals surface area contributed by atoms with Crippen LogP contribution in [0.1, 0.15) is 13.3 Å². The van der Waals surface area contributed by atoms with Crippen molar-refractivity contribution in [2.24, 2.45) is 0 Å². The summed E-state index contributed by atoms with van der Waals surface area (Å²) in [6, 6.07) is 0.367. The quantitative estimate of drug-likeness (QED) is 0.574. The average molecular weight is 141 g/mol. The molecule has 1 aliphatic rings. The zero-order valence-corrected chi connectivity index (χ0v) is 6.26. The fourth-order valence-electron chi connectivity index (χ4n) is 1.25. The Morgan fingerprint density at radius 2 is 2.60 bits per heavy atom. The number of hydrogen-bond donors (Lipinski definition) is 1. The van der Waals surface area contributed by atoms with Crippen LogP contribution in [0.25, 0.3) is 0 Å². The van der Waals surface area contributed by atoms with Crippen LogP contribution in [0.4, 0.5) is 0 Å². The Labute approximate surface area is 61.4 Å². The Kier molecular flexibility index (Phi) is 2.68. The van der Waals surface area contributed by atoms with Gasteiger partial charge in [-0.15, -0.1) is 0 Å². The van der Waals surface area contributed by atoms with Crippen molar-refractivity contribution in [1.82, 2.24) is 10.2 Å². The predicted molar refractivity (Wildman–Crippen MR) is 39.3 cm³/mol. The molecule has 0 aromatic carbocycles. The number of nitrogens with one attached hydrogen (secondary N) is 1. The molecule has 1 saturated heterocycles. The smallest absolute Gasteiger partial charge is 0.312 e. The monoisotopic (exact) mass is 141 g/mol. The highest BCUT2D eigenvalue weighted by Gasteiger charge is 2.18. The van der Waals surface area contributed by atoms with Crippen LogP contribution in [-0.2, 0) is 4.79 Å². The molecule has 0 saturated carbocycles. The Morgan fingerprint density at radius 1 is 1.80 bits per heavy atom. The van der Waals surface area contributed by atoms with Gasteiger partial charge in [0.2, 0.25) is 0 Å². The van der Waals surface area contributed by atoms with Gasteiger partial charge >= 0.3 is 6.41 Å². The molecule has 1 N–H and O–H groups in total. The SMILES string of the molecule is CCC1CNCCN1[C]=O. The van der Waals surface area contributed by atoms with Crippen molar-refractivity contribution in [1.29, 1.82) is 0 Å². The van der Waals surface area contributed by atoms with Gasteiger partial charge in [0.15, 0.2) is 0 Å². The number of carbonyl (C=O) groups excluding carboxylic acids is 1. The van der Waals surface area contributed by atoms with Crippen LogP contribution < -0.4 is 5.32 Å². The van der Waals surface area contributed by atoms with Crippen molar-refractivity contribution in [2.75, 3.05) is 19.6 Å². The topological polar surface area (TPSA) is 32.3 Å². The van der Waals surface area contributed by atoms with Crippen LogP contribution >= 0.6 is 0 Å². The van der Waals surface area contributed by atoms with Gasteiger partial charge in [0.1, 0.15) is 0 Å². The Bertz CT molecular complexity index is 116. The maximum atomic E-state index is 10.3. The lowest BCUT2D eigenvalue weighted by atomic mass is 10.1. The van der Waals surface area contributed by atoms with Gasteiger partial charge < -0.3 is 10.2 Å². The fraction of sp³-hybridized carbons (Fsp3) is 0.857. The molecule has 3 nitrogen and oxygen atoms in total. The molecule has 1 amide bonds. The minimum atomic E-state index is 0.367. The molecule has 1 unspecified atom stereocenters. The normalized spacial score (nSPS) is 26.5. The van der Waals surface area contributed by atoms with Gasteiger partial charge in [0.25, 0.3) is 0 Å². The van der Waals surface area contributed by atoms with E-state index in [0.29, 0.717) is 6.04 Å². The molecule has 0 bridgehead atoms. The molecule has 1 fully saturated rings. The summed E-state index contributed by atoms with van der Waals surface area (Å²) >= 11 is 0. The number of rotatable bonds is 2. The lowest BCUT2D eigenvalue weighted by molar-refractivity contribution is 0.240. The molecule has 1 atom stereocenters. The molecule has 1 heterocycles. The van der Waals surface area contributed by atoms with Gasteiger partial charge in [-0.25, -0.2) is 0 Å². The van der Waals surface area contributed by atoms with E-state index >= 15 is 0 Å². The molecular weight excluding hydrogens is 128 g/mol. The van der Waals surface area contributed by atoms with E-state index in [1.807, 2.05) is 6.41 Å². The van der Waals surface area contributed by atoms with Crippen LogP contribution in [0.2, 0.25) is 0 Å². The molecule has 1 aliphatic heterocycles. The standard InChI is InChI=1S/C7H13N2O/c1-2-7-5-8-3-4-9(7)6-10/h7-8H,2-5H2,1H3. The summed E-state index contributed by atoms with van der Waals surface area (Å²) in [6.45, 7) is 4.72. The summed E-state index contributed by atoms with van der Waals surface area (Å²) in [4.78, 5) is 12.0. The van der Waals surface area contributed by atoms with Gasteiger partial charge in [-0.2, -0.15) is 0 Å². The van der Waals surface area contributed by atoms with Crippen molar-refractivity contribution >= 4 is 6.41 Å². The van der Waals surface area contributed by atoms with Gasteiger partial charge in [-0.1, -0.05) is 6.92 Å². The second-order valence-electron chi connectivity index (χ2n) is 2.55. The van der Waals surface area contributed by atoms with Crippen LogP contribution in [0.3, 0.4) is 0 Å². The summed E-state index contributed by atoms with van der Waals surface area (Å²) in [5.74, 6) is 0. The molecule has 3 heteroatoms. The van der Waals surface area contributed by atoms with E-state index in [2.05, 4.69) is 12.2 Å². The summed E-state index contributed by atoms with van der Waals surface area (Å²) in [5, 5.41) is 3.23. The van der Waals surface area contributed by atoms with E-state index in [9.17, 15) is 4.79 Å². The second kappa shape index (κ2) is 3.56. The third-order valence-electron chi connectivity index (χ3n) is 1.94. The van der Waals surface area contributed by atoms with E-state index in [-0.39, 0.29) is 0 Å².